The van der Waals surface area contributed by atoms with Crippen molar-refractivity contribution in [2.75, 3.05) is 0 Å². The van der Waals surface area contributed by atoms with Crippen LogP contribution in [0.15, 0.2) is 54.6 Å². The van der Waals surface area contributed by atoms with Crippen LogP contribution in [0.25, 0.3) is 0 Å². The number of primary amides is 1. The number of esters is 1. The van der Waals surface area contributed by atoms with E-state index in [1.54, 1.807) is 42.5 Å². The predicted octanol–water partition coefficient (Wildman–Crippen LogP) is 2.70. The summed E-state index contributed by atoms with van der Waals surface area (Å²) in [6, 6.07) is 14.7. The van der Waals surface area contributed by atoms with Gasteiger partial charge in [0.05, 0.1) is 5.92 Å². The van der Waals surface area contributed by atoms with Crippen molar-refractivity contribution in [3.05, 3.63) is 71.5 Å². The fourth-order valence-electron chi connectivity index (χ4n) is 2.66. The van der Waals surface area contributed by atoms with Crippen LogP contribution in [-0.4, -0.2) is 11.9 Å². The number of rotatable bonds is 5. The summed E-state index contributed by atoms with van der Waals surface area (Å²) in [7, 11) is 0. The molecule has 118 valence electrons. The first-order valence-corrected chi connectivity index (χ1v) is 7.36. The van der Waals surface area contributed by atoms with Gasteiger partial charge >= 0.3 is 5.97 Å². The molecule has 0 aliphatic heterocycles. The Balaban J connectivity index is 1.67. The van der Waals surface area contributed by atoms with E-state index in [0.717, 1.165) is 5.56 Å². The average Bonchev–Trinajstić information content (AvgIpc) is 3.34. The third-order valence-corrected chi connectivity index (χ3v) is 3.99. The summed E-state index contributed by atoms with van der Waals surface area (Å²) in [5.74, 6) is -1.78. The second-order valence-electron chi connectivity index (χ2n) is 5.63. The van der Waals surface area contributed by atoms with E-state index in [4.69, 9.17) is 10.5 Å². The summed E-state index contributed by atoms with van der Waals surface area (Å²) in [5.41, 5.74) is 6.78. The van der Waals surface area contributed by atoms with Crippen molar-refractivity contribution in [1.29, 1.82) is 0 Å². The molecular formula is C18H16FNO3. The SMILES string of the molecule is NC(=O)C(OC(=O)C1CC1c1ccc(F)cc1)c1ccccc1. The number of amides is 1. The Bertz CT molecular complexity index is 715. The molecule has 0 heterocycles. The van der Waals surface area contributed by atoms with Gasteiger partial charge in [0.1, 0.15) is 5.82 Å². The number of carbonyl (C=O) groups is 2. The molecule has 1 amide bonds. The summed E-state index contributed by atoms with van der Waals surface area (Å²) in [5, 5.41) is 0. The maximum Gasteiger partial charge on any atom is 0.310 e. The smallest absolute Gasteiger partial charge is 0.310 e. The monoisotopic (exact) mass is 313 g/mol. The van der Waals surface area contributed by atoms with E-state index in [0.29, 0.717) is 12.0 Å². The second kappa shape index (κ2) is 6.20. The first kappa shape index (κ1) is 15.2. The van der Waals surface area contributed by atoms with Gasteiger partial charge in [0.25, 0.3) is 5.91 Å². The molecule has 23 heavy (non-hydrogen) atoms. The van der Waals surface area contributed by atoms with E-state index < -0.39 is 18.0 Å². The normalized spacial score (nSPS) is 20.6. The Kier molecular flexibility index (Phi) is 4.10. The fourth-order valence-corrected chi connectivity index (χ4v) is 2.66. The number of halogens is 1. The zero-order valence-corrected chi connectivity index (χ0v) is 12.3. The largest absolute Gasteiger partial charge is 0.447 e. The van der Waals surface area contributed by atoms with Crippen LogP contribution >= 0.6 is 0 Å². The molecule has 1 saturated carbocycles. The van der Waals surface area contributed by atoms with Crippen LogP contribution in [0.2, 0.25) is 0 Å². The molecule has 1 fully saturated rings. The average molecular weight is 313 g/mol. The molecule has 1 aliphatic rings. The number of ether oxygens (including phenoxy) is 1. The highest BCUT2D eigenvalue weighted by Crippen LogP contribution is 2.48. The highest BCUT2D eigenvalue weighted by molar-refractivity contribution is 5.85. The number of hydrogen-bond donors (Lipinski definition) is 1. The van der Waals surface area contributed by atoms with Gasteiger partial charge in [-0.25, -0.2) is 4.39 Å². The first-order chi connectivity index (χ1) is 11.1. The van der Waals surface area contributed by atoms with Gasteiger partial charge in [-0.2, -0.15) is 0 Å². The minimum atomic E-state index is -1.09. The van der Waals surface area contributed by atoms with Crippen molar-refractivity contribution in [1.82, 2.24) is 0 Å². The van der Waals surface area contributed by atoms with Crippen molar-refractivity contribution in [2.45, 2.75) is 18.4 Å². The minimum absolute atomic E-state index is 0.00685. The second-order valence-corrected chi connectivity index (χ2v) is 5.63. The zero-order chi connectivity index (χ0) is 16.4. The molecule has 0 spiro atoms. The van der Waals surface area contributed by atoms with E-state index in [9.17, 15) is 14.0 Å². The van der Waals surface area contributed by atoms with Gasteiger partial charge in [0.15, 0.2) is 0 Å². The van der Waals surface area contributed by atoms with Crippen LogP contribution in [0.4, 0.5) is 4.39 Å². The van der Waals surface area contributed by atoms with Gasteiger partial charge in [-0.05, 0) is 30.0 Å². The van der Waals surface area contributed by atoms with Gasteiger partial charge in [0, 0.05) is 5.56 Å². The van der Waals surface area contributed by atoms with Gasteiger partial charge in [-0.15, -0.1) is 0 Å². The van der Waals surface area contributed by atoms with E-state index >= 15 is 0 Å². The third-order valence-electron chi connectivity index (χ3n) is 3.99. The van der Waals surface area contributed by atoms with Crippen LogP contribution in [0.1, 0.15) is 29.6 Å². The van der Waals surface area contributed by atoms with Crippen LogP contribution in [-0.2, 0) is 14.3 Å². The first-order valence-electron chi connectivity index (χ1n) is 7.36. The Morgan fingerprint density at radius 1 is 1.09 bits per heavy atom. The molecule has 2 aromatic carbocycles. The van der Waals surface area contributed by atoms with Crippen molar-refractivity contribution in [2.24, 2.45) is 11.7 Å². The molecule has 0 bridgehead atoms. The molecule has 0 aromatic heterocycles. The molecule has 0 radical (unpaired) electrons. The van der Waals surface area contributed by atoms with Crippen molar-refractivity contribution in [3.8, 4) is 0 Å². The summed E-state index contributed by atoms with van der Waals surface area (Å²) >= 11 is 0. The fraction of sp³-hybridized carbons (Fsp3) is 0.222. The predicted molar refractivity (Wildman–Crippen MR) is 81.7 cm³/mol. The molecule has 3 unspecified atom stereocenters. The van der Waals surface area contributed by atoms with E-state index in [1.165, 1.54) is 12.1 Å². The number of hydrogen-bond acceptors (Lipinski definition) is 3. The van der Waals surface area contributed by atoms with Gasteiger partial charge in [-0.1, -0.05) is 42.5 Å². The highest BCUT2D eigenvalue weighted by atomic mass is 19.1. The Labute approximate surface area is 133 Å². The van der Waals surface area contributed by atoms with Crippen molar-refractivity contribution < 1.29 is 18.7 Å². The Morgan fingerprint density at radius 2 is 1.74 bits per heavy atom. The van der Waals surface area contributed by atoms with Crippen LogP contribution < -0.4 is 5.73 Å². The molecule has 2 aromatic rings. The van der Waals surface area contributed by atoms with Gasteiger partial charge < -0.3 is 10.5 Å². The van der Waals surface area contributed by atoms with Crippen LogP contribution in [0, 0.1) is 11.7 Å². The lowest BCUT2D eigenvalue weighted by Crippen LogP contribution is -2.26. The lowest BCUT2D eigenvalue weighted by molar-refractivity contribution is -0.156. The standard InChI is InChI=1S/C18H16FNO3/c19-13-8-6-11(7-9-13)14-10-15(14)18(22)23-16(17(20)21)12-4-2-1-3-5-12/h1-9,14-16H,10H2,(H2,20,21). The van der Waals surface area contributed by atoms with Gasteiger partial charge in [0.2, 0.25) is 6.10 Å². The quantitative estimate of drug-likeness (QED) is 0.863. The number of benzene rings is 2. The lowest BCUT2D eigenvalue weighted by atomic mass is 10.1. The number of nitrogens with two attached hydrogens (primary N) is 1. The van der Waals surface area contributed by atoms with Crippen molar-refractivity contribution in [3.63, 3.8) is 0 Å². The van der Waals surface area contributed by atoms with Crippen LogP contribution in [0.5, 0.6) is 0 Å². The molecule has 2 N–H and O–H groups in total. The Hall–Kier alpha value is -2.69. The topological polar surface area (TPSA) is 69.4 Å². The van der Waals surface area contributed by atoms with E-state index in [1.807, 2.05) is 0 Å². The summed E-state index contributed by atoms with van der Waals surface area (Å²) < 4.78 is 18.2. The number of carbonyl (C=O) groups excluding carboxylic acids is 2. The van der Waals surface area contributed by atoms with Crippen molar-refractivity contribution >= 4 is 11.9 Å². The maximum absolute atomic E-state index is 12.9. The molecule has 4 nitrogen and oxygen atoms in total. The summed E-state index contributed by atoms with van der Waals surface area (Å²) in [6.07, 6.45) is -0.455. The molecule has 3 rings (SSSR count). The van der Waals surface area contributed by atoms with E-state index in [-0.39, 0.29) is 17.7 Å². The zero-order valence-electron chi connectivity index (χ0n) is 12.3. The molecule has 1 aliphatic carbocycles. The minimum Gasteiger partial charge on any atom is -0.447 e. The lowest BCUT2D eigenvalue weighted by Gasteiger charge is -2.15. The molecular weight excluding hydrogens is 297 g/mol. The molecule has 0 saturated heterocycles. The highest BCUT2D eigenvalue weighted by Gasteiger charge is 2.46. The maximum atomic E-state index is 12.9. The third kappa shape index (κ3) is 3.39. The molecule has 3 atom stereocenters. The summed E-state index contributed by atoms with van der Waals surface area (Å²) in [6.45, 7) is 0. The van der Waals surface area contributed by atoms with E-state index in [2.05, 4.69) is 0 Å². The molecule has 5 heteroatoms. The van der Waals surface area contributed by atoms with Crippen LogP contribution in [0.3, 0.4) is 0 Å². The summed E-state index contributed by atoms with van der Waals surface area (Å²) in [4.78, 5) is 23.8. The Morgan fingerprint density at radius 3 is 2.35 bits per heavy atom. The van der Waals surface area contributed by atoms with Gasteiger partial charge in [-0.3, -0.25) is 9.59 Å².